The van der Waals surface area contributed by atoms with Gasteiger partial charge in [-0.05, 0) is 79.1 Å². The fraction of sp³-hybridized carbons (Fsp3) is 0.667. The molecule has 18 heavy (non-hydrogen) atoms. The van der Waals surface area contributed by atoms with Gasteiger partial charge in [-0.2, -0.15) is 0 Å². The molecule has 7 unspecified atom stereocenters. The predicted molar refractivity (Wildman–Crippen MR) is 73.9 cm³/mol. The third-order valence-electron chi connectivity index (χ3n) is 6.72. The lowest BCUT2D eigenvalue weighted by atomic mass is 9.67. The summed E-state index contributed by atoms with van der Waals surface area (Å²) in [5.74, 6) is 7.14. The van der Waals surface area contributed by atoms with Crippen LogP contribution in [0.25, 0.3) is 0 Å². The van der Waals surface area contributed by atoms with Gasteiger partial charge in [-0.1, -0.05) is 30.4 Å². The quantitative estimate of drug-likeness (QED) is 0.470. The Bertz CT molecular complexity index is 466. The SMILES string of the molecule is C1=CC(C2CC3CC2C2C4C=CC(C4)C32)=CCC1. The maximum atomic E-state index is 2.56. The number of hydrogen-bond donors (Lipinski definition) is 0. The molecule has 5 rings (SSSR count). The van der Waals surface area contributed by atoms with Gasteiger partial charge >= 0.3 is 0 Å². The molecular weight excluding hydrogens is 216 g/mol. The molecule has 4 bridgehead atoms. The molecule has 5 aliphatic rings. The first kappa shape index (κ1) is 10.1. The van der Waals surface area contributed by atoms with Gasteiger partial charge in [0, 0.05) is 0 Å². The highest BCUT2D eigenvalue weighted by molar-refractivity contribution is 5.31. The van der Waals surface area contributed by atoms with Crippen molar-refractivity contribution in [2.75, 3.05) is 0 Å². The molecule has 0 aromatic heterocycles. The molecule has 3 saturated carbocycles. The summed E-state index contributed by atoms with van der Waals surface area (Å²) in [5.41, 5.74) is 1.71. The van der Waals surface area contributed by atoms with Crippen LogP contribution in [0.2, 0.25) is 0 Å². The van der Waals surface area contributed by atoms with Crippen molar-refractivity contribution >= 4 is 0 Å². The molecule has 0 N–H and O–H groups in total. The van der Waals surface area contributed by atoms with E-state index < -0.39 is 0 Å². The third-order valence-corrected chi connectivity index (χ3v) is 6.72. The minimum absolute atomic E-state index is 0.931. The molecule has 0 aromatic carbocycles. The van der Waals surface area contributed by atoms with Crippen LogP contribution in [0.15, 0.2) is 36.0 Å². The standard InChI is InChI=1S/C18H22/c1-2-4-11(5-3-1)15-9-14-10-16(15)18-13-7-6-12(8-13)17(14)18/h2,4-7,12-18H,1,3,8-10H2. The second kappa shape index (κ2) is 3.40. The summed E-state index contributed by atoms with van der Waals surface area (Å²) in [6.45, 7) is 0. The first-order chi connectivity index (χ1) is 8.92. The Kier molecular flexibility index (Phi) is 1.90. The first-order valence-electron chi connectivity index (χ1n) is 7.97. The zero-order chi connectivity index (χ0) is 11.7. The van der Waals surface area contributed by atoms with Crippen molar-refractivity contribution in [2.24, 2.45) is 41.4 Å². The molecule has 0 spiro atoms. The highest BCUT2D eigenvalue weighted by Crippen LogP contribution is 2.68. The van der Waals surface area contributed by atoms with Crippen LogP contribution >= 0.6 is 0 Å². The molecular formula is C18H22. The molecule has 5 aliphatic carbocycles. The van der Waals surface area contributed by atoms with Crippen molar-refractivity contribution in [3.05, 3.63) is 36.0 Å². The summed E-state index contributed by atoms with van der Waals surface area (Å²) in [4.78, 5) is 0. The molecule has 0 radical (unpaired) electrons. The summed E-state index contributed by atoms with van der Waals surface area (Å²) in [6, 6.07) is 0. The molecule has 0 aromatic rings. The van der Waals surface area contributed by atoms with Crippen molar-refractivity contribution in [1.29, 1.82) is 0 Å². The van der Waals surface area contributed by atoms with Crippen LogP contribution in [0.1, 0.15) is 32.1 Å². The zero-order valence-corrected chi connectivity index (χ0v) is 11.0. The van der Waals surface area contributed by atoms with Crippen LogP contribution < -0.4 is 0 Å². The average molecular weight is 238 g/mol. The summed E-state index contributed by atoms with van der Waals surface area (Å²) >= 11 is 0. The Hall–Kier alpha value is -0.780. The van der Waals surface area contributed by atoms with Gasteiger partial charge < -0.3 is 0 Å². The molecule has 7 atom stereocenters. The fourth-order valence-corrected chi connectivity index (χ4v) is 6.31. The van der Waals surface area contributed by atoms with Gasteiger partial charge in [0.05, 0.1) is 0 Å². The van der Waals surface area contributed by atoms with Crippen LogP contribution in [0.3, 0.4) is 0 Å². The van der Waals surface area contributed by atoms with Crippen LogP contribution in [0, 0.1) is 41.4 Å². The van der Waals surface area contributed by atoms with E-state index in [1.165, 1.54) is 25.7 Å². The summed E-state index contributed by atoms with van der Waals surface area (Å²) in [7, 11) is 0. The Morgan fingerprint density at radius 3 is 2.61 bits per heavy atom. The van der Waals surface area contributed by atoms with E-state index >= 15 is 0 Å². The fourth-order valence-electron chi connectivity index (χ4n) is 6.31. The minimum Gasteiger partial charge on any atom is -0.0848 e. The highest BCUT2D eigenvalue weighted by atomic mass is 14.6. The van der Waals surface area contributed by atoms with Crippen molar-refractivity contribution in [2.45, 2.75) is 32.1 Å². The Labute approximate surface area is 110 Å². The molecule has 0 nitrogen and oxygen atoms in total. The molecule has 0 aliphatic heterocycles. The van der Waals surface area contributed by atoms with Crippen LogP contribution in [-0.4, -0.2) is 0 Å². The van der Waals surface area contributed by atoms with Crippen LogP contribution in [-0.2, 0) is 0 Å². The van der Waals surface area contributed by atoms with E-state index in [-0.39, 0.29) is 0 Å². The van der Waals surface area contributed by atoms with E-state index in [4.69, 9.17) is 0 Å². The summed E-state index contributed by atoms with van der Waals surface area (Å²) < 4.78 is 0. The summed E-state index contributed by atoms with van der Waals surface area (Å²) in [5, 5.41) is 0. The average Bonchev–Trinajstić information content (AvgIpc) is 3.17. The molecule has 3 fully saturated rings. The molecule has 0 heterocycles. The third kappa shape index (κ3) is 1.13. The molecule has 94 valence electrons. The molecule has 0 saturated heterocycles. The summed E-state index contributed by atoms with van der Waals surface area (Å²) in [6.07, 6.45) is 19.7. The monoisotopic (exact) mass is 238 g/mol. The van der Waals surface area contributed by atoms with Crippen molar-refractivity contribution in [1.82, 2.24) is 0 Å². The second-order valence-electron chi connectivity index (χ2n) is 7.29. The molecule has 0 amide bonds. The topological polar surface area (TPSA) is 0 Å². The highest BCUT2D eigenvalue weighted by Gasteiger charge is 2.61. The van der Waals surface area contributed by atoms with Gasteiger partial charge in [-0.3, -0.25) is 0 Å². The number of hydrogen-bond acceptors (Lipinski definition) is 0. The maximum Gasteiger partial charge on any atom is -0.0131 e. The lowest BCUT2D eigenvalue weighted by Crippen LogP contribution is -2.31. The van der Waals surface area contributed by atoms with Crippen molar-refractivity contribution < 1.29 is 0 Å². The lowest BCUT2D eigenvalue weighted by molar-refractivity contribution is 0.169. The van der Waals surface area contributed by atoms with Gasteiger partial charge in [0.25, 0.3) is 0 Å². The minimum atomic E-state index is 0.931. The second-order valence-corrected chi connectivity index (χ2v) is 7.29. The maximum absolute atomic E-state index is 2.56. The Morgan fingerprint density at radius 2 is 1.78 bits per heavy atom. The van der Waals surface area contributed by atoms with Gasteiger partial charge in [0.1, 0.15) is 0 Å². The van der Waals surface area contributed by atoms with E-state index in [2.05, 4.69) is 30.4 Å². The van der Waals surface area contributed by atoms with E-state index in [9.17, 15) is 0 Å². The lowest BCUT2D eigenvalue weighted by Gasteiger charge is -2.37. The Morgan fingerprint density at radius 1 is 0.889 bits per heavy atom. The van der Waals surface area contributed by atoms with Crippen molar-refractivity contribution in [3.63, 3.8) is 0 Å². The smallest absolute Gasteiger partial charge is 0.0131 e. The van der Waals surface area contributed by atoms with Gasteiger partial charge in [-0.15, -0.1) is 0 Å². The number of allylic oxidation sites excluding steroid dienone is 6. The predicted octanol–water partition coefficient (Wildman–Crippen LogP) is 4.36. The van der Waals surface area contributed by atoms with E-state index in [0.717, 1.165) is 41.4 Å². The van der Waals surface area contributed by atoms with Crippen LogP contribution in [0.5, 0.6) is 0 Å². The molecule has 0 heteroatoms. The first-order valence-corrected chi connectivity index (χ1v) is 7.97. The zero-order valence-electron chi connectivity index (χ0n) is 11.0. The van der Waals surface area contributed by atoms with E-state index in [1.54, 1.807) is 12.0 Å². The number of rotatable bonds is 1. The van der Waals surface area contributed by atoms with Gasteiger partial charge in [0.15, 0.2) is 0 Å². The van der Waals surface area contributed by atoms with Gasteiger partial charge in [0.2, 0.25) is 0 Å². The van der Waals surface area contributed by atoms with E-state index in [0.29, 0.717) is 0 Å². The normalized spacial score (nSPS) is 55.1. The van der Waals surface area contributed by atoms with Gasteiger partial charge in [-0.25, -0.2) is 0 Å². The van der Waals surface area contributed by atoms with Crippen molar-refractivity contribution in [3.8, 4) is 0 Å². The van der Waals surface area contributed by atoms with E-state index in [1.807, 2.05) is 0 Å². The number of fused-ring (bicyclic) bond motifs is 9. The largest absolute Gasteiger partial charge is 0.0848 e. The van der Waals surface area contributed by atoms with Crippen LogP contribution in [0.4, 0.5) is 0 Å². The Balaban J connectivity index is 1.48.